The van der Waals surface area contributed by atoms with Crippen molar-refractivity contribution in [3.05, 3.63) is 83.9 Å². The Morgan fingerprint density at radius 3 is 2.33 bits per heavy atom. The number of carbonyl (C=O) groups is 3. The molecular formula is C34H44N4O5. The maximum Gasteiger partial charge on any atom is 0.249 e. The van der Waals surface area contributed by atoms with E-state index in [2.05, 4.69) is 10.6 Å². The quantitative estimate of drug-likeness (QED) is 0.267. The Balaban J connectivity index is 1.57. The van der Waals surface area contributed by atoms with Crippen LogP contribution in [-0.2, 0) is 32.0 Å². The highest BCUT2D eigenvalue weighted by molar-refractivity contribution is 5.92. The van der Waals surface area contributed by atoms with Crippen LogP contribution < -0.4 is 10.6 Å². The van der Waals surface area contributed by atoms with Crippen LogP contribution in [0.5, 0.6) is 0 Å². The van der Waals surface area contributed by atoms with Gasteiger partial charge in [-0.2, -0.15) is 0 Å². The van der Waals surface area contributed by atoms with Gasteiger partial charge in [0.2, 0.25) is 17.7 Å². The number of aliphatic hydroxyl groups excluding tert-OH is 1. The van der Waals surface area contributed by atoms with E-state index in [-0.39, 0.29) is 49.8 Å². The number of amides is 3. The van der Waals surface area contributed by atoms with Crippen LogP contribution in [0.2, 0.25) is 0 Å². The van der Waals surface area contributed by atoms with Gasteiger partial charge in [0.15, 0.2) is 0 Å². The van der Waals surface area contributed by atoms with E-state index >= 15 is 0 Å². The molecule has 0 radical (unpaired) electrons. The first-order valence-corrected chi connectivity index (χ1v) is 15.0. The van der Waals surface area contributed by atoms with E-state index in [9.17, 15) is 19.5 Å². The van der Waals surface area contributed by atoms with E-state index in [0.717, 1.165) is 41.3 Å². The van der Waals surface area contributed by atoms with Crippen LogP contribution in [0.15, 0.2) is 72.8 Å². The van der Waals surface area contributed by atoms with Crippen LogP contribution in [0, 0.1) is 0 Å². The zero-order chi connectivity index (χ0) is 30.8. The Hall–Kier alpha value is -3.79. The smallest absolute Gasteiger partial charge is 0.249 e. The predicted molar refractivity (Wildman–Crippen MR) is 167 cm³/mol. The number of rotatable bonds is 14. The predicted octanol–water partition coefficient (Wildman–Crippen LogP) is 2.54. The molecule has 230 valence electrons. The molecule has 3 aromatic rings. The van der Waals surface area contributed by atoms with Crippen LogP contribution in [-0.4, -0.2) is 97.3 Å². The number of hydrogen-bond acceptors (Lipinski definition) is 6. The summed E-state index contributed by atoms with van der Waals surface area (Å²) >= 11 is 0. The molecule has 0 bridgehead atoms. The number of likely N-dealkylation sites (N-methyl/N-ethyl adjacent to an activating group) is 2. The molecule has 4 rings (SSSR count). The second kappa shape index (κ2) is 15.6. The molecule has 43 heavy (non-hydrogen) atoms. The monoisotopic (exact) mass is 588 g/mol. The van der Waals surface area contributed by atoms with Crippen molar-refractivity contribution in [1.82, 2.24) is 20.4 Å². The van der Waals surface area contributed by atoms with Crippen LogP contribution in [0.1, 0.15) is 30.9 Å². The molecule has 3 aromatic carbocycles. The second-order valence-corrected chi connectivity index (χ2v) is 11.5. The lowest BCUT2D eigenvalue weighted by atomic mass is 9.98. The summed E-state index contributed by atoms with van der Waals surface area (Å²) in [5.74, 6) is -1.02. The van der Waals surface area contributed by atoms with Crippen molar-refractivity contribution in [2.75, 3.05) is 40.4 Å². The number of nitrogens with zero attached hydrogens (tertiary/aromatic N) is 2. The average Bonchev–Trinajstić information content (AvgIpc) is 3.54. The third kappa shape index (κ3) is 9.10. The molecule has 1 saturated heterocycles. The number of carbonyl (C=O) groups excluding carboxylic acids is 3. The zero-order valence-electron chi connectivity index (χ0n) is 25.4. The largest absolute Gasteiger partial charge is 0.392 e. The summed E-state index contributed by atoms with van der Waals surface area (Å²) in [7, 11) is 3.22. The normalized spacial score (nSPS) is 16.8. The highest BCUT2D eigenvalue weighted by Gasteiger charge is 2.35. The van der Waals surface area contributed by atoms with E-state index in [1.165, 1.54) is 9.80 Å². The molecule has 9 nitrogen and oxygen atoms in total. The summed E-state index contributed by atoms with van der Waals surface area (Å²) in [5, 5.41) is 18.0. The van der Waals surface area contributed by atoms with Crippen molar-refractivity contribution in [1.29, 1.82) is 0 Å². The van der Waals surface area contributed by atoms with Gasteiger partial charge in [-0.3, -0.25) is 14.4 Å². The number of benzene rings is 3. The van der Waals surface area contributed by atoms with Gasteiger partial charge in [0.05, 0.1) is 12.7 Å². The van der Waals surface area contributed by atoms with E-state index in [1.807, 2.05) is 72.8 Å². The summed E-state index contributed by atoms with van der Waals surface area (Å²) in [5.41, 5.74) is 1.79. The van der Waals surface area contributed by atoms with Gasteiger partial charge >= 0.3 is 0 Å². The minimum Gasteiger partial charge on any atom is -0.392 e. The fraction of sp³-hybridized carbons (Fsp3) is 0.441. The molecule has 0 saturated carbocycles. The van der Waals surface area contributed by atoms with Crippen molar-refractivity contribution in [2.45, 2.75) is 56.8 Å². The summed E-state index contributed by atoms with van der Waals surface area (Å²) in [4.78, 5) is 43.9. The Bertz CT molecular complexity index is 1360. The first-order chi connectivity index (χ1) is 20.7. The number of ether oxygens (including phenoxy) is 1. The molecule has 3 N–H and O–H groups in total. The van der Waals surface area contributed by atoms with E-state index in [1.54, 1.807) is 21.0 Å². The molecule has 3 amide bonds. The molecule has 4 atom stereocenters. The Labute approximate surface area is 254 Å². The number of nitrogens with one attached hydrogen (secondary N) is 2. The Morgan fingerprint density at radius 1 is 0.930 bits per heavy atom. The van der Waals surface area contributed by atoms with Gasteiger partial charge in [-0.25, -0.2) is 0 Å². The van der Waals surface area contributed by atoms with E-state index in [0.29, 0.717) is 6.61 Å². The van der Waals surface area contributed by atoms with Crippen LogP contribution in [0.25, 0.3) is 10.8 Å². The van der Waals surface area contributed by atoms with Crippen molar-refractivity contribution in [3.63, 3.8) is 0 Å². The lowest BCUT2D eigenvalue weighted by Gasteiger charge is -2.35. The van der Waals surface area contributed by atoms with Gasteiger partial charge in [-0.05, 0) is 48.2 Å². The van der Waals surface area contributed by atoms with Crippen molar-refractivity contribution < 1.29 is 24.2 Å². The highest BCUT2D eigenvalue weighted by atomic mass is 16.5. The average molecular weight is 589 g/mol. The third-order valence-electron chi connectivity index (χ3n) is 8.06. The third-order valence-corrected chi connectivity index (χ3v) is 8.06. The molecular weight excluding hydrogens is 544 g/mol. The molecule has 1 aliphatic heterocycles. The minimum absolute atomic E-state index is 0.0677. The van der Waals surface area contributed by atoms with Crippen LogP contribution >= 0.6 is 0 Å². The summed E-state index contributed by atoms with van der Waals surface area (Å²) < 4.78 is 5.75. The van der Waals surface area contributed by atoms with Crippen LogP contribution in [0.4, 0.5) is 0 Å². The fourth-order valence-electron chi connectivity index (χ4n) is 5.44. The highest BCUT2D eigenvalue weighted by Crippen LogP contribution is 2.20. The Morgan fingerprint density at radius 2 is 1.63 bits per heavy atom. The molecule has 9 heteroatoms. The molecule has 1 heterocycles. The molecule has 1 aliphatic rings. The molecule has 0 aliphatic carbocycles. The lowest BCUT2D eigenvalue weighted by molar-refractivity contribution is -0.149. The molecule has 0 unspecified atom stereocenters. The molecule has 0 spiro atoms. The van der Waals surface area contributed by atoms with Crippen LogP contribution in [0.3, 0.4) is 0 Å². The van der Waals surface area contributed by atoms with Crippen molar-refractivity contribution >= 4 is 28.5 Å². The van der Waals surface area contributed by atoms with Gasteiger partial charge in [0.1, 0.15) is 18.7 Å². The molecule has 0 aromatic heterocycles. The van der Waals surface area contributed by atoms with Crippen molar-refractivity contribution in [3.8, 4) is 0 Å². The SMILES string of the molecule is C[C@@H](O)CNC(=O)[C@@H](Cc1ccccc1)N(C)C(=O)[C@@H](Cc1ccc2ccccc2c1)N(C)C(=O)COC[C@@H]1CCCN1. The van der Waals surface area contributed by atoms with Gasteiger partial charge in [0, 0.05) is 39.5 Å². The maximum atomic E-state index is 14.3. The first-order valence-electron chi connectivity index (χ1n) is 15.0. The number of aliphatic hydroxyl groups is 1. The van der Waals surface area contributed by atoms with Gasteiger partial charge in [-0.1, -0.05) is 72.8 Å². The lowest BCUT2D eigenvalue weighted by Crippen LogP contribution is -2.56. The Kier molecular flexibility index (Phi) is 11.7. The number of fused-ring (bicyclic) bond motifs is 1. The topological polar surface area (TPSA) is 111 Å². The summed E-state index contributed by atoms with van der Waals surface area (Å²) in [6.07, 6.45) is 1.93. The summed E-state index contributed by atoms with van der Waals surface area (Å²) in [6.45, 7) is 2.91. The first kappa shape index (κ1) is 32.1. The minimum atomic E-state index is -0.866. The summed E-state index contributed by atoms with van der Waals surface area (Å²) in [6, 6.07) is 22.0. The van der Waals surface area contributed by atoms with E-state index < -0.39 is 18.2 Å². The fourth-order valence-corrected chi connectivity index (χ4v) is 5.44. The number of hydrogen-bond donors (Lipinski definition) is 3. The second-order valence-electron chi connectivity index (χ2n) is 11.5. The zero-order valence-corrected chi connectivity index (χ0v) is 25.4. The standard InChI is InChI=1S/C34H44N4O5/c1-24(39)21-36-33(41)30(19-25-10-5-4-6-11-25)38(3)34(42)31(20-26-15-16-27-12-7-8-13-28(27)18-26)37(2)32(40)23-43-22-29-14-9-17-35-29/h4-8,10-13,15-16,18,24,29-31,35,39H,9,14,17,19-23H2,1-3H3,(H,36,41)/t24-,29+,30-,31-/m1/s1. The molecule has 1 fully saturated rings. The van der Waals surface area contributed by atoms with Gasteiger partial charge < -0.3 is 30.3 Å². The maximum absolute atomic E-state index is 14.3. The van der Waals surface area contributed by atoms with Crippen molar-refractivity contribution in [2.24, 2.45) is 0 Å². The van der Waals surface area contributed by atoms with E-state index in [4.69, 9.17) is 4.74 Å². The van der Waals surface area contributed by atoms with Gasteiger partial charge in [0.25, 0.3) is 0 Å². The van der Waals surface area contributed by atoms with Gasteiger partial charge in [-0.15, -0.1) is 0 Å².